The molecule has 0 spiro atoms. The lowest BCUT2D eigenvalue weighted by molar-refractivity contribution is -0.130. The molecule has 0 aromatic carbocycles. The summed E-state index contributed by atoms with van der Waals surface area (Å²) in [5, 5.41) is 0. The van der Waals surface area contributed by atoms with E-state index in [1.165, 1.54) is 0 Å². The summed E-state index contributed by atoms with van der Waals surface area (Å²) in [4.78, 5) is 15.5. The fourth-order valence-electron chi connectivity index (χ4n) is 1.44. The van der Waals surface area contributed by atoms with Crippen LogP contribution < -0.4 is 0 Å². The SMILES string of the molecule is O=C1OC(C2CC2)=N/C1=C/c1ccco1. The molecule has 0 amide bonds. The molecule has 1 aliphatic carbocycles. The molecule has 0 radical (unpaired) electrons. The number of carbonyl (C=O) groups excluding carboxylic acids is 1. The Morgan fingerprint density at radius 1 is 1.47 bits per heavy atom. The second kappa shape index (κ2) is 3.08. The summed E-state index contributed by atoms with van der Waals surface area (Å²) in [5.74, 6) is 1.16. The Morgan fingerprint density at radius 3 is 3.00 bits per heavy atom. The molecule has 1 aliphatic heterocycles. The van der Waals surface area contributed by atoms with Crippen molar-refractivity contribution in [2.24, 2.45) is 10.9 Å². The van der Waals surface area contributed by atoms with Crippen molar-refractivity contribution in [1.82, 2.24) is 0 Å². The number of furan rings is 1. The highest BCUT2D eigenvalue weighted by molar-refractivity contribution is 6.08. The molecule has 3 rings (SSSR count). The predicted octanol–water partition coefficient (Wildman–Crippen LogP) is 1.99. The third kappa shape index (κ3) is 1.58. The quantitative estimate of drug-likeness (QED) is 0.545. The van der Waals surface area contributed by atoms with E-state index in [1.807, 2.05) is 0 Å². The van der Waals surface area contributed by atoms with Crippen molar-refractivity contribution in [2.45, 2.75) is 12.8 Å². The topological polar surface area (TPSA) is 51.8 Å². The Kier molecular flexibility index (Phi) is 1.74. The summed E-state index contributed by atoms with van der Waals surface area (Å²) in [5.41, 5.74) is 0.326. The van der Waals surface area contributed by atoms with Crippen molar-refractivity contribution in [3.8, 4) is 0 Å². The zero-order valence-electron chi connectivity index (χ0n) is 7.97. The van der Waals surface area contributed by atoms with Gasteiger partial charge in [0.1, 0.15) is 5.76 Å². The molecule has 15 heavy (non-hydrogen) atoms. The van der Waals surface area contributed by atoms with Gasteiger partial charge in [-0.05, 0) is 25.0 Å². The molecule has 1 aromatic heterocycles. The van der Waals surface area contributed by atoms with Crippen molar-refractivity contribution < 1.29 is 13.9 Å². The first-order chi connectivity index (χ1) is 7.33. The molecule has 2 heterocycles. The first kappa shape index (κ1) is 8.47. The molecule has 1 fully saturated rings. The van der Waals surface area contributed by atoms with E-state index in [0.29, 0.717) is 23.3 Å². The number of hydrogen-bond acceptors (Lipinski definition) is 4. The maximum Gasteiger partial charge on any atom is 0.363 e. The normalized spacial score (nSPS) is 23.1. The van der Waals surface area contributed by atoms with E-state index in [2.05, 4.69) is 4.99 Å². The largest absolute Gasteiger partial charge is 0.465 e. The molecular weight excluding hydrogens is 194 g/mol. The highest BCUT2D eigenvalue weighted by Crippen LogP contribution is 2.34. The average Bonchev–Trinajstić information content (AvgIpc) is 2.84. The Hall–Kier alpha value is -1.84. The number of aliphatic imine (C=N–C) groups is 1. The van der Waals surface area contributed by atoms with Crippen molar-refractivity contribution in [2.75, 3.05) is 0 Å². The van der Waals surface area contributed by atoms with Crippen LogP contribution >= 0.6 is 0 Å². The highest BCUT2D eigenvalue weighted by atomic mass is 16.6. The Labute approximate surface area is 86.2 Å². The van der Waals surface area contributed by atoms with Gasteiger partial charge in [0.25, 0.3) is 0 Å². The van der Waals surface area contributed by atoms with E-state index in [-0.39, 0.29) is 5.97 Å². The first-order valence-electron chi connectivity index (χ1n) is 4.89. The van der Waals surface area contributed by atoms with Crippen LogP contribution in [0.2, 0.25) is 0 Å². The number of esters is 1. The Morgan fingerprint density at radius 2 is 2.33 bits per heavy atom. The van der Waals surface area contributed by atoms with E-state index < -0.39 is 0 Å². The lowest BCUT2D eigenvalue weighted by atomic mass is 10.3. The number of carbonyl (C=O) groups is 1. The minimum Gasteiger partial charge on any atom is -0.465 e. The van der Waals surface area contributed by atoms with Crippen LogP contribution in [0.5, 0.6) is 0 Å². The minimum absolute atomic E-state index is 0.326. The van der Waals surface area contributed by atoms with Crippen LogP contribution in [0.1, 0.15) is 18.6 Å². The maximum absolute atomic E-state index is 11.4. The van der Waals surface area contributed by atoms with Gasteiger partial charge in [-0.3, -0.25) is 0 Å². The number of nitrogens with zero attached hydrogens (tertiary/aromatic N) is 1. The van der Waals surface area contributed by atoms with Crippen LogP contribution in [0.15, 0.2) is 33.5 Å². The number of ether oxygens (including phenoxy) is 1. The van der Waals surface area contributed by atoms with Crippen molar-refractivity contribution in [3.63, 3.8) is 0 Å². The lowest BCUT2D eigenvalue weighted by Crippen LogP contribution is -2.05. The van der Waals surface area contributed by atoms with Gasteiger partial charge in [-0.1, -0.05) is 0 Å². The maximum atomic E-state index is 11.4. The van der Waals surface area contributed by atoms with Crippen LogP contribution in [0.25, 0.3) is 6.08 Å². The molecule has 0 N–H and O–H groups in total. The van der Waals surface area contributed by atoms with Gasteiger partial charge in [-0.15, -0.1) is 0 Å². The van der Waals surface area contributed by atoms with Crippen molar-refractivity contribution >= 4 is 17.9 Å². The van der Waals surface area contributed by atoms with Crippen LogP contribution in [0, 0.1) is 5.92 Å². The first-order valence-corrected chi connectivity index (χ1v) is 4.89. The fourth-order valence-corrected chi connectivity index (χ4v) is 1.44. The van der Waals surface area contributed by atoms with Crippen molar-refractivity contribution in [1.29, 1.82) is 0 Å². The van der Waals surface area contributed by atoms with E-state index in [9.17, 15) is 4.79 Å². The molecule has 76 valence electrons. The molecule has 0 saturated heterocycles. The molecular formula is C11H9NO3. The molecule has 4 nitrogen and oxygen atoms in total. The lowest BCUT2D eigenvalue weighted by Gasteiger charge is -1.92. The van der Waals surface area contributed by atoms with Gasteiger partial charge in [0.05, 0.1) is 6.26 Å². The van der Waals surface area contributed by atoms with Gasteiger partial charge in [0, 0.05) is 12.0 Å². The average molecular weight is 203 g/mol. The monoisotopic (exact) mass is 203 g/mol. The number of rotatable bonds is 2. The molecule has 4 heteroatoms. The second-order valence-corrected chi connectivity index (χ2v) is 3.66. The van der Waals surface area contributed by atoms with Crippen LogP contribution in [-0.2, 0) is 9.53 Å². The van der Waals surface area contributed by atoms with Crippen LogP contribution in [0.4, 0.5) is 0 Å². The van der Waals surface area contributed by atoms with Crippen LogP contribution in [0.3, 0.4) is 0 Å². The summed E-state index contributed by atoms with van der Waals surface area (Å²) in [6.45, 7) is 0. The summed E-state index contributed by atoms with van der Waals surface area (Å²) in [7, 11) is 0. The summed E-state index contributed by atoms with van der Waals surface area (Å²) >= 11 is 0. The molecule has 0 atom stereocenters. The highest BCUT2D eigenvalue weighted by Gasteiger charge is 2.35. The minimum atomic E-state index is -0.381. The van der Waals surface area contributed by atoms with E-state index in [1.54, 1.807) is 24.5 Å². The Balaban J connectivity index is 1.89. The zero-order valence-corrected chi connectivity index (χ0v) is 7.97. The van der Waals surface area contributed by atoms with Gasteiger partial charge in [0.2, 0.25) is 5.90 Å². The third-order valence-electron chi connectivity index (χ3n) is 2.39. The summed E-state index contributed by atoms with van der Waals surface area (Å²) in [6.07, 6.45) is 5.29. The fraction of sp³-hybridized carbons (Fsp3) is 0.273. The molecule has 1 saturated carbocycles. The predicted molar refractivity (Wildman–Crippen MR) is 52.9 cm³/mol. The van der Waals surface area contributed by atoms with Crippen molar-refractivity contribution in [3.05, 3.63) is 29.9 Å². The summed E-state index contributed by atoms with van der Waals surface area (Å²) in [6, 6.07) is 3.53. The molecule has 2 aliphatic rings. The number of hydrogen-bond donors (Lipinski definition) is 0. The number of cyclic esters (lactones) is 1. The zero-order chi connectivity index (χ0) is 10.3. The van der Waals surface area contributed by atoms with Gasteiger partial charge < -0.3 is 9.15 Å². The molecule has 0 unspecified atom stereocenters. The van der Waals surface area contributed by atoms with Gasteiger partial charge in [-0.25, -0.2) is 9.79 Å². The summed E-state index contributed by atoms with van der Waals surface area (Å²) < 4.78 is 10.1. The van der Waals surface area contributed by atoms with E-state index in [0.717, 1.165) is 12.8 Å². The smallest absolute Gasteiger partial charge is 0.363 e. The standard InChI is InChI=1S/C11H9NO3/c13-11-9(6-8-2-1-5-14-8)12-10(15-11)7-3-4-7/h1-2,5-7H,3-4H2/b9-6+. The Bertz CT molecular complexity index is 452. The third-order valence-corrected chi connectivity index (χ3v) is 2.39. The van der Waals surface area contributed by atoms with E-state index in [4.69, 9.17) is 9.15 Å². The van der Waals surface area contributed by atoms with Crippen LogP contribution in [-0.4, -0.2) is 11.9 Å². The molecule has 0 bridgehead atoms. The van der Waals surface area contributed by atoms with E-state index >= 15 is 0 Å². The molecule has 1 aromatic rings. The van der Waals surface area contributed by atoms with Gasteiger partial charge in [-0.2, -0.15) is 0 Å². The van der Waals surface area contributed by atoms with Gasteiger partial charge >= 0.3 is 5.97 Å². The van der Waals surface area contributed by atoms with Gasteiger partial charge in [0.15, 0.2) is 5.70 Å². The second-order valence-electron chi connectivity index (χ2n) is 3.66.